The summed E-state index contributed by atoms with van der Waals surface area (Å²) in [6.07, 6.45) is 6.96. The van der Waals surface area contributed by atoms with Crippen molar-refractivity contribution in [3.63, 3.8) is 0 Å². The lowest BCUT2D eigenvalue weighted by Crippen LogP contribution is -2.19. The number of ether oxygens (including phenoxy) is 4. The van der Waals surface area contributed by atoms with Crippen molar-refractivity contribution < 1.29 is 23.7 Å². The third-order valence-electron chi connectivity index (χ3n) is 13.6. The lowest BCUT2D eigenvalue weighted by atomic mass is 9.97. The Kier molecular flexibility index (Phi) is 12.1. The Balaban J connectivity index is 1.03. The van der Waals surface area contributed by atoms with Crippen LogP contribution in [0.25, 0.3) is 44.5 Å². The van der Waals surface area contributed by atoms with E-state index in [2.05, 4.69) is 121 Å². The van der Waals surface area contributed by atoms with Crippen molar-refractivity contribution in [2.75, 3.05) is 21.3 Å². The number of fused-ring (bicyclic) bond motifs is 8. The minimum Gasteiger partial charge on any atom is -0.497 e. The molecule has 0 unspecified atom stereocenters. The number of esters is 1. The molecular weight excluding hydrogens is 933 g/mol. The maximum absolute atomic E-state index is 14.1. The van der Waals surface area contributed by atoms with Crippen LogP contribution in [0.3, 0.4) is 0 Å². The van der Waals surface area contributed by atoms with Gasteiger partial charge in [-0.2, -0.15) is 0 Å². The molecule has 0 saturated carbocycles. The lowest BCUT2D eigenvalue weighted by Gasteiger charge is -2.12. The molecule has 0 spiro atoms. The van der Waals surface area contributed by atoms with Gasteiger partial charge >= 0.3 is 5.97 Å². The molecule has 0 radical (unpaired) electrons. The van der Waals surface area contributed by atoms with Gasteiger partial charge in [0.1, 0.15) is 23.0 Å². The summed E-state index contributed by atoms with van der Waals surface area (Å²) >= 11 is 0. The monoisotopic (exact) mass is 980 g/mol. The second-order valence-electron chi connectivity index (χ2n) is 18.0. The number of benzene rings is 5. The normalized spacial score (nSPS) is 15.0. The largest absolute Gasteiger partial charge is 0.497 e. The summed E-state index contributed by atoms with van der Waals surface area (Å²) in [4.78, 5) is 37.9. The second-order valence-corrected chi connectivity index (χ2v) is 18.0. The number of nitrogens with one attached hydrogen (secondary N) is 4. The topological polar surface area (TPSA) is 143 Å². The fraction of sp³-hybridized carbons (Fsp3) is 0.0469. The molecule has 0 amide bonds. The summed E-state index contributed by atoms with van der Waals surface area (Å²) in [7, 11) is 5.02. The smallest absolute Gasteiger partial charge is 0.343 e. The molecule has 6 aromatic heterocycles. The van der Waals surface area contributed by atoms with Crippen LogP contribution in [0.5, 0.6) is 23.0 Å². The van der Waals surface area contributed by atoms with Crippen molar-refractivity contribution in [3.8, 4) is 45.3 Å². The number of hydrogen-bond acceptors (Lipinski definition) is 7. The van der Waals surface area contributed by atoms with E-state index < -0.39 is 5.97 Å². The Morgan fingerprint density at radius 2 is 0.627 bits per heavy atom. The number of H-pyrrole nitrogens is 4. The summed E-state index contributed by atoms with van der Waals surface area (Å²) in [5.41, 5.74) is 15.3. The Labute approximate surface area is 431 Å². The highest BCUT2D eigenvalue weighted by atomic mass is 16.5. The molecule has 11 heteroatoms. The minimum absolute atomic E-state index is 0.401. The zero-order valence-electron chi connectivity index (χ0n) is 41.1. The van der Waals surface area contributed by atoms with Crippen LogP contribution in [0.1, 0.15) is 55.4 Å². The van der Waals surface area contributed by atoms with Crippen molar-refractivity contribution in [1.29, 1.82) is 0 Å². The standard InChI is InChI=1S/C64H48N6O5/c1-72-48-12-4-41(5-13-48)60-52-20-22-54(67-52)61(42-6-14-49(73-2)15-7-42)56-24-26-58(69-56)63(59-27-25-57(70-59)62(55-23-21-53(60)68-55)43-8-16-50(74-3)17-9-43)44-10-18-51(19-11-44)75-64(71)47-37-45(39-28-32-65-33-29-39)36-46(38-47)40-30-34-66-35-31-40/h4-38,67-70H,1-3H3/b60-52-,60-53?,61-54-,61-56?,62-55?,62-57-,63-58?,63-59-. The van der Waals surface area contributed by atoms with Crippen LogP contribution < -0.4 is 40.3 Å². The van der Waals surface area contributed by atoms with E-state index in [1.807, 2.05) is 97.1 Å². The fourth-order valence-electron chi connectivity index (χ4n) is 9.87. The van der Waals surface area contributed by atoms with Crippen molar-refractivity contribution >= 4 is 28.3 Å². The van der Waals surface area contributed by atoms with Gasteiger partial charge in [0, 0.05) is 91.3 Å². The number of aromatic nitrogens is 6. The van der Waals surface area contributed by atoms with E-state index in [4.69, 9.17) is 18.9 Å². The number of hydrogen-bond donors (Lipinski definition) is 4. The maximum Gasteiger partial charge on any atom is 0.343 e. The van der Waals surface area contributed by atoms with E-state index in [-0.39, 0.29) is 0 Å². The number of pyridine rings is 2. The molecule has 364 valence electrons. The van der Waals surface area contributed by atoms with Crippen molar-refractivity contribution in [1.82, 2.24) is 29.9 Å². The lowest BCUT2D eigenvalue weighted by molar-refractivity contribution is 0.0734. The molecule has 0 atom stereocenters. The van der Waals surface area contributed by atoms with Gasteiger partial charge in [0.2, 0.25) is 0 Å². The van der Waals surface area contributed by atoms with Gasteiger partial charge < -0.3 is 38.9 Å². The minimum atomic E-state index is -0.480. The van der Waals surface area contributed by atoms with E-state index in [1.165, 1.54) is 0 Å². The molecular formula is C64H48N6O5. The average Bonchev–Trinajstić information content (AvgIpc) is 4.34. The van der Waals surface area contributed by atoms with Crippen LogP contribution in [0.4, 0.5) is 0 Å². The van der Waals surface area contributed by atoms with E-state index >= 15 is 0 Å². The molecule has 8 bridgehead atoms. The third-order valence-corrected chi connectivity index (χ3v) is 13.6. The Morgan fingerprint density at radius 1 is 0.320 bits per heavy atom. The van der Waals surface area contributed by atoms with E-state index in [9.17, 15) is 4.79 Å². The average molecular weight is 981 g/mol. The van der Waals surface area contributed by atoms with Crippen LogP contribution in [0, 0.1) is 0 Å². The number of aromatic amines is 4. The molecule has 12 rings (SSSR count). The highest BCUT2D eigenvalue weighted by Crippen LogP contribution is 2.32. The highest BCUT2D eigenvalue weighted by Gasteiger charge is 2.20. The molecule has 11 aromatic rings. The Hall–Kier alpha value is -10.1. The molecule has 1 aliphatic rings. The molecule has 7 heterocycles. The molecule has 4 N–H and O–H groups in total. The maximum atomic E-state index is 14.1. The summed E-state index contributed by atoms with van der Waals surface area (Å²) < 4.78 is 22.9. The first kappa shape index (κ1) is 46.0. The molecule has 5 aromatic carbocycles. The van der Waals surface area contributed by atoms with Crippen LogP contribution in [0.2, 0.25) is 0 Å². The van der Waals surface area contributed by atoms with Gasteiger partial charge in [-0.1, -0.05) is 48.5 Å². The first-order valence-electron chi connectivity index (χ1n) is 24.4. The van der Waals surface area contributed by atoms with Gasteiger partial charge in [-0.05, 0) is 184 Å². The predicted octanol–water partition coefficient (Wildman–Crippen LogP) is 9.67. The highest BCUT2D eigenvalue weighted by molar-refractivity contribution is 5.95. The molecule has 75 heavy (non-hydrogen) atoms. The van der Waals surface area contributed by atoms with Gasteiger partial charge in [0.25, 0.3) is 0 Å². The first-order chi connectivity index (χ1) is 36.9. The molecule has 0 fully saturated rings. The zero-order chi connectivity index (χ0) is 50.8. The predicted molar refractivity (Wildman–Crippen MR) is 291 cm³/mol. The third kappa shape index (κ3) is 9.10. The number of nitrogens with zero attached hydrogens (tertiary/aromatic N) is 2. The number of carbonyl (C=O) groups excluding carboxylic acids is 1. The van der Waals surface area contributed by atoms with E-state index in [1.54, 1.807) is 46.1 Å². The molecule has 0 aliphatic carbocycles. The Morgan fingerprint density at radius 3 is 0.933 bits per heavy atom. The zero-order valence-corrected chi connectivity index (χ0v) is 41.1. The number of methoxy groups -OCH3 is 3. The summed E-state index contributed by atoms with van der Waals surface area (Å²) in [6.45, 7) is 0. The molecule has 11 nitrogen and oxygen atoms in total. The van der Waals surface area contributed by atoms with Crippen molar-refractivity contribution in [3.05, 3.63) is 285 Å². The fourth-order valence-corrected chi connectivity index (χ4v) is 9.87. The second kappa shape index (κ2) is 19.8. The SMILES string of the molecule is COc1ccc(/C2=c3\cc/c([nH]3)=C(\c3ccc(OC)cc3)c3ccc([nH]3)/C(c3ccc(OC(=O)c4cc(-c5ccncc5)cc(-c5ccncc5)c4)cc3)=c3/cc/c([nH]3)=C(\c3ccc(OC)cc3)c3ccc2[nH]3)cc1. The Bertz CT molecular complexity index is 4080. The van der Waals surface area contributed by atoms with Crippen molar-refractivity contribution in [2.45, 2.75) is 0 Å². The van der Waals surface area contributed by atoms with Crippen LogP contribution in [-0.2, 0) is 0 Å². The first-order valence-corrected chi connectivity index (χ1v) is 24.4. The van der Waals surface area contributed by atoms with E-state index in [0.717, 1.165) is 128 Å². The van der Waals surface area contributed by atoms with E-state index in [0.29, 0.717) is 11.3 Å². The molecule has 1 aliphatic heterocycles. The van der Waals surface area contributed by atoms with Gasteiger partial charge in [0.15, 0.2) is 0 Å². The van der Waals surface area contributed by atoms with Gasteiger partial charge in [-0.15, -0.1) is 0 Å². The van der Waals surface area contributed by atoms with Crippen molar-refractivity contribution in [2.24, 2.45) is 0 Å². The quantitative estimate of drug-likeness (QED) is 0.0747. The molecule has 0 saturated heterocycles. The summed E-state index contributed by atoms with van der Waals surface area (Å²) in [6, 6.07) is 62.4. The van der Waals surface area contributed by atoms with Crippen LogP contribution >= 0.6 is 0 Å². The summed E-state index contributed by atoms with van der Waals surface area (Å²) in [5, 5.41) is 3.59. The number of carbonyl (C=O) groups is 1. The van der Waals surface area contributed by atoms with Crippen LogP contribution in [-0.4, -0.2) is 57.2 Å². The van der Waals surface area contributed by atoms with Crippen LogP contribution in [0.15, 0.2) is 213 Å². The van der Waals surface area contributed by atoms with Gasteiger partial charge in [-0.3, -0.25) is 9.97 Å². The number of rotatable bonds is 11. The van der Waals surface area contributed by atoms with Gasteiger partial charge in [0.05, 0.1) is 26.9 Å². The van der Waals surface area contributed by atoms with Gasteiger partial charge in [-0.25, -0.2) is 4.79 Å². The summed E-state index contributed by atoms with van der Waals surface area (Å²) in [5.74, 6) is 2.21.